The molecule has 2 N–H and O–H groups in total. The summed E-state index contributed by atoms with van der Waals surface area (Å²) in [5.41, 5.74) is 8.54. The molecule has 3 rings (SSSR count). The number of amides is 1. The van der Waals surface area contributed by atoms with Gasteiger partial charge in [0.1, 0.15) is 0 Å². The molecule has 1 heterocycles. The summed E-state index contributed by atoms with van der Waals surface area (Å²) in [5, 5.41) is 6.39. The Kier molecular flexibility index (Phi) is 3.30. The quantitative estimate of drug-likeness (QED) is 0.637. The minimum atomic E-state index is 0.628. The molecule has 0 saturated heterocycles. The number of aromatic nitrogens is 1. The Morgan fingerprint density at radius 2 is 1.95 bits per heavy atom. The fourth-order valence-electron chi connectivity index (χ4n) is 3.10. The molecule has 2 aromatic rings. The van der Waals surface area contributed by atoms with E-state index in [9.17, 15) is 4.79 Å². The van der Waals surface area contributed by atoms with Crippen molar-refractivity contribution in [3.63, 3.8) is 0 Å². The number of H-pyrrole nitrogens is 1. The van der Waals surface area contributed by atoms with Crippen molar-refractivity contribution >= 4 is 17.3 Å². The van der Waals surface area contributed by atoms with Crippen LogP contribution in [0.25, 0.3) is 10.9 Å². The Morgan fingerprint density at radius 3 is 2.75 bits per heavy atom. The standard InChI is InChI=1S/C16H19N3O/c1-10-7-8-11(2)15-14(10)16(19-17-9-20)12-5-3-4-6-13(12)18-15/h7-9H,3-6H2,1-2H3,(H,17,20)(H,18,19). The number of carbonyl (C=O) groups is 1. The zero-order chi connectivity index (χ0) is 14.1. The van der Waals surface area contributed by atoms with Gasteiger partial charge in [0.25, 0.3) is 0 Å². The number of fused-ring (bicyclic) bond motifs is 2. The van der Waals surface area contributed by atoms with Crippen molar-refractivity contribution in [2.24, 2.45) is 5.10 Å². The summed E-state index contributed by atoms with van der Waals surface area (Å²) in [5.74, 6) is 0. The zero-order valence-corrected chi connectivity index (χ0v) is 11.9. The topological polar surface area (TPSA) is 57.2 Å². The monoisotopic (exact) mass is 269 g/mol. The van der Waals surface area contributed by atoms with Crippen LogP contribution in [0.3, 0.4) is 0 Å². The van der Waals surface area contributed by atoms with Gasteiger partial charge in [-0.15, -0.1) is 0 Å². The number of nitrogens with one attached hydrogen (secondary N) is 2. The lowest BCUT2D eigenvalue weighted by Crippen LogP contribution is -2.23. The summed E-state index contributed by atoms with van der Waals surface area (Å²) in [6, 6.07) is 4.24. The van der Waals surface area contributed by atoms with Gasteiger partial charge in [-0.2, -0.15) is 5.10 Å². The van der Waals surface area contributed by atoms with E-state index in [1.54, 1.807) is 0 Å². The molecule has 0 radical (unpaired) electrons. The van der Waals surface area contributed by atoms with Crippen LogP contribution in [0, 0.1) is 13.8 Å². The summed E-state index contributed by atoms with van der Waals surface area (Å²) >= 11 is 0. The lowest BCUT2D eigenvalue weighted by molar-refractivity contribution is -0.109. The maximum atomic E-state index is 10.6. The van der Waals surface area contributed by atoms with Crippen molar-refractivity contribution in [1.82, 2.24) is 10.4 Å². The van der Waals surface area contributed by atoms with Crippen molar-refractivity contribution in [3.05, 3.63) is 39.9 Å². The van der Waals surface area contributed by atoms with Gasteiger partial charge in [0.2, 0.25) is 6.41 Å². The van der Waals surface area contributed by atoms with E-state index in [0.717, 1.165) is 29.1 Å². The second-order valence-corrected chi connectivity index (χ2v) is 5.45. The third-order valence-corrected chi connectivity index (χ3v) is 4.12. The first-order valence-corrected chi connectivity index (χ1v) is 7.09. The number of hydrogen-bond acceptors (Lipinski definition) is 2. The minimum absolute atomic E-state index is 0.628. The third-order valence-electron chi connectivity index (χ3n) is 4.12. The fourth-order valence-corrected chi connectivity index (χ4v) is 3.10. The van der Waals surface area contributed by atoms with Crippen LogP contribution in [-0.4, -0.2) is 11.4 Å². The van der Waals surface area contributed by atoms with E-state index in [-0.39, 0.29) is 0 Å². The molecule has 104 valence electrons. The molecule has 1 aliphatic rings. The molecule has 1 aromatic carbocycles. The number of aryl methyl sites for hydroxylation is 3. The van der Waals surface area contributed by atoms with Crippen molar-refractivity contribution in [2.45, 2.75) is 39.5 Å². The van der Waals surface area contributed by atoms with Gasteiger partial charge in [-0.3, -0.25) is 4.79 Å². The van der Waals surface area contributed by atoms with E-state index in [4.69, 9.17) is 0 Å². The van der Waals surface area contributed by atoms with Crippen LogP contribution in [0.4, 0.5) is 0 Å². The molecule has 0 fully saturated rings. The average Bonchev–Trinajstić information content (AvgIpc) is 2.48. The number of pyridine rings is 1. The lowest BCUT2D eigenvalue weighted by atomic mass is 9.92. The molecule has 0 bridgehead atoms. The van der Waals surface area contributed by atoms with Gasteiger partial charge in [0, 0.05) is 11.1 Å². The van der Waals surface area contributed by atoms with Crippen molar-refractivity contribution in [1.29, 1.82) is 0 Å². The van der Waals surface area contributed by atoms with Crippen LogP contribution in [0.15, 0.2) is 17.2 Å². The second kappa shape index (κ2) is 5.12. The van der Waals surface area contributed by atoms with Gasteiger partial charge >= 0.3 is 0 Å². The highest BCUT2D eigenvalue weighted by molar-refractivity contribution is 5.85. The van der Waals surface area contributed by atoms with E-state index >= 15 is 0 Å². The number of nitrogens with zero attached hydrogens (tertiary/aromatic N) is 1. The second-order valence-electron chi connectivity index (χ2n) is 5.45. The maximum Gasteiger partial charge on any atom is 0.227 e. The van der Waals surface area contributed by atoms with Crippen molar-refractivity contribution < 1.29 is 4.79 Å². The highest BCUT2D eigenvalue weighted by atomic mass is 16.1. The molecule has 1 aromatic heterocycles. The minimum Gasteiger partial charge on any atom is -0.358 e. The molecule has 0 saturated carbocycles. The highest BCUT2D eigenvalue weighted by Crippen LogP contribution is 2.23. The van der Waals surface area contributed by atoms with E-state index in [1.165, 1.54) is 35.2 Å². The third kappa shape index (κ3) is 2.01. The summed E-state index contributed by atoms with van der Waals surface area (Å²) < 4.78 is 0. The van der Waals surface area contributed by atoms with Gasteiger partial charge in [-0.25, -0.2) is 5.43 Å². The van der Waals surface area contributed by atoms with Crippen LogP contribution in [0.5, 0.6) is 0 Å². The SMILES string of the molecule is Cc1ccc(C)c2/c(=N\NC=O)c3c([nH]c12)CCCC3. The molecular formula is C16H19N3O. The molecule has 1 amide bonds. The Labute approximate surface area is 117 Å². The van der Waals surface area contributed by atoms with E-state index in [2.05, 4.69) is 41.5 Å². The number of rotatable bonds is 2. The van der Waals surface area contributed by atoms with Gasteiger partial charge in [-0.1, -0.05) is 12.1 Å². The fraction of sp³-hybridized carbons (Fsp3) is 0.375. The first-order valence-electron chi connectivity index (χ1n) is 7.09. The Morgan fingerprint density at radius 1 is 1.20 bits per heavy atom. The molecule has 0 spiro atoms. The molecular weight excluding hydrogens is 250 g/mol. The molecule has 4 nitrogen and oxygen atoms in total. The number of carbonyl (C=O) groups excluding carboxylic acids is 1. The Balaban J connectivity index is 2.46. The van der Waals surface area contributed by atoms with E-state index < -0.39 is 0 Å². The lowest BCUT2D eigenvalue weighted by Gasteiger charge is -2.19. The molecule has 1 aliphatic carbocycles. The van der Waals surface area contributed by atoms with Crippen molar-refractivity contribution in [2.75, 3.05) is 0 Å². The largest absolute Gasteiger partial charge is 0.358 e. The predicted molar refractivity (Wildman–Crippen MR) is 79.2 cm³/mol. The Bertz CT molecular complexity index is 743. The van der Waals surface area contributed by atoms with Crippen LogP contribution in [0.1, 0.15) is 35.2 Å². The van der Waals surface area contributed by atoms with Crippen LogP contribution >= 0.6 is 0 Å². The Hall–Kier alpha value is -2.10. The highest BCUT2D eigenvalue weighted by Gasteiger charge is 2.16. The molecule has 0 atom stereocenters. The van der Waals surface area contributed by atoms with E-state index in [1.807, 2.05) is 0 Å². The molecule has 20 heavy (non-hydrogen) atoms. The summed E-state index contributed by atoms with van der Waals surface area (Å²) in [4.78, 5) is 14.2. The summed E-state index contributed by atoms with van der Waals surface area (Å²) in [6.07, 6.45) is 5.10. The number of aromatic amines is 1. The molecule has 4 heteroatoms. The smallest absolute Gasteiger partial charge is 0.227 e. The normalized spacial score (nSPS) is 15.2. The first kappa shape index (κ1) is 12.9. The zero-order valence-electron chi connectivity index (χ0n) is 11.9. The van der Waals surface area contributed by atoms with Gasteiger partial charge < -0.3 is 4.98 Å². The summed E-state index contributed by atoms with van der Waals surface area (Å²) in [6.45, 7) is 4.19. The molecule has 0 unspecified atom stereocenters. The molecule has 0 aliphatic heterocycles. The number of benzene rings is 1. The average molecular weight is 269 g/mol. The van der Waals surface area contributed by atoms with Gasteiger partial charge in [0.05, 0.1) is 10.9 Å². The van der Waals surface area contributed by atoms with Crippen molar-refractivity contribution in [3.8, 4) is 0 Å². The predicted octanol–water partition coefficient (Wildman–Crippen LogP) is 2.23. The number of hydrogen-bond donors (Lipinski definition) is 2. The maximum absolute atomic E-state index is 10.6. The van der Waals surface area contributed by atoms with Crippen LogP contribution in [0.2, 0.25) is 0 Å². The van der Waals surface area contributed by atoms with E-state index in [0.29, 0.717) is 6.41 Å². The van der Waals surface area contributed by atoms with Gasteiger partial charge in [0.15, 0.2) is 0 Å². The first-order chi connectivity index (χ1) is 9.72. The van der Waals surface area contributed by atoms with Gasteiger partial charge in [-0.05, 0) is 56.2 Å². The summed E-state index contributed by atoms with van der Waals surface area (Å²) in [7, 11) is 0. The van der Waals surface area contributed by atoms with Crippen LogP contribution < -0.4 is 10.8 Å². The van der Waals surface area contributed by atoms with Crippen LogP contribution in [-0.2, 0) is 17.6 Å².